The average Bonchev–Trinajstić information content (AvgIpc) is 3.68. The molecule has 0 amide bonds. The largest absolute Gasteiger partial charge is 0.459 e. The number of hydrogen-bond donors (Lipinski definition) is 5. The predicted octanol–water partition coefficient (Wildman–Crippen LogP) is 3.24. The van der Waals surface area contributed by atoms with Gasteiger partial charge in [-0.3, -0.25) is 9.69 Å². The molecule has 0 aromatic carbocycles. The molecule has 320 valence electrons. The van der Waals surface area contributed by atoms with Crippen molar-refractivity contribution in [3.8, 4) is 0 Å². The molecule has 18 atom stereocenters. The smallest absolute Gasteiger partial charge is 0.311 e. The van der Waals surface area contributed by atoms with E-state index in [1.807, 2.05) is 27.7 Å². The van der Waals surface area contributed by atoms with Gasteiger partial charge in [0.1, 0.15) is 23.9 Å². The minimum Gasteiger partial charge on any atom is -0.459 e. The molecule has 0 saturated carbocycles. The number of hydrogen-bond acceptors (Lipinski definition) is 15. The van der Waals surface area contributed by atoms with Gasteiger partial charge in [0, 0.05) is 44.4 Å². The highest BCUT2D eigenvalue weighted by Crippen LogP contribution is 2.42. The van der Waals surface area contributed by atoms with Gasteiger partial charge >= 0.3 is 5.97 Å². The number of aliphatic hydroxyl groups excluding tert-OH is 3. The van der Waals surface area contributed by atoms with Crippen LogP contribution in [0.4, 0.5) is 0 Å². The molecule has 0 unspecified atom stereocenters. The molecule has 4 aliphatic heterocycles. The third-order valence-electron chi connectivity index (χ3n) is 13.4. The van der Waals surface area contributed by atoms with Crippen LogP contribution in [0.5, 0.6) is 0 Å². The highest BCUT2D eigenvalue weighted by Gasteiger charge is 2.54. The van der Waals surface area contributed by atoms with Crippen molar-refractivity contribution in [1.82, 2.24) is 4.90 Å². The highest BCUT2D eigenvalue weighted by molar-refractivity contribution is 5.88. The second-order valence-electron chi connectivity index (χ2n) is 17.5. The Morgan fingerprint density at radius 3 is 2.05 bits per heavy atom. The minimum absolute atomic E-state index is 0.135. The van der Waals surface area contributed by atoms with E-state index in [0.717, 1.165) is 25.9 Å². The Morgan fingerprint density at radius 2 is 1.49 bits per heavy atom. The fourth-order valence-electron chi connectivity index (χ4n) is 9.71. The maximum Gasteiger partial charge on any atom is 0.311 e. The molecule has 4 aliphatic rings. The molecule has 0 radical (unpaired) electrons. The summed E-state index contributed by atoms with van der Waals surface area (Å²) in [6.45, 7) is 19.3. The van der Waals surface area contributed by atoms with Crippen molar-refractivity contribution in [3.05, 3.63) is 0 Å². The number of methoxy groups -OCH3 is 2. The Balaban J connectivity index is 1.86. The fraction of sp³-hybridized carbons (Fsp3) is 0.950. The topological polar surface area (TPSA) is 198 Å². The van der Waals surface area contributed by atoms with Crippen molar-refractivity contribution < 1.29 is 63.6 Å². The molecule has 55 heavy (non-hydrogen) atoms. The van der Waals surface area contributed by atoms with Crippen molar-refractivity contribution in [2.24, 2.45) is 28.8 Å². The molecule has 4 fully saturated rings. The lowest BCUT2D eigenvalue weighted by molar-refractivity contribution is -0.319. The van der Waals surface area contributed by atoms with Crippen molar-refractivity contribution in [3.63, 3.8) is 0 Å². The molecule has 0 bridgehead atoms. The monoisotopic (exact) mass is 789 g/mol. The molecule has 0 spiro atoms. The van der Waals surface area contributed by atoms with E-state index >= 15 is 0 Å². The summed E-state index contributed by atoms with van der Waals surface area (Å²) >= 11 is 0. The summed E-state index contributed by atoms with van der Waals surface area (Å²) in [4.78, 5) is 16.6. The second-order valence-corrected chi connectivity index (χ2v) is 17.5. The van der Waals surface area contributed by atoms with Crippen LogP contribution in [0.3, 0.4) is 0 Å². The molecule has 4 saturated heterocycles. The van der Waals surface area contributed by atoms with Gasteiger partial charge in [-0.05, 0) is 86.7 Å². The molecule has 4 rings (SSSR count). The number of ether oxygens (including phenoxy) is 7. The van der Waals surface area contributed by atoms with Gasteiger partial charge in [-0.2, -0.15) is 0 Å². The zero-order valence-electron chi connectivity index (χ0n) is 35.2. The fourth-order valence-corrected chi connectivity index (χ4v) is 9.71. The van der Waals surface area contributed by atoms with Gasteiger partial charge in [-0.25, -0.2) is 0 Å². The summed E-state index contributed by atoms with van der Waals surface area (Å²) < 4.78 is 44.5. The lowest BCUT2D eigenvalue weighted by Crippen LogP contribution is -2.61. The Hall–Kier alpha value is -1.50. The second kappa shape index (κ2) is 18.6. The molecule has 4 heterocycles. The van der Waals surface area contributed by atoms with E-state index in [-0.39, 0.29) is 37.1 Å². The normalized spacial score (nSPS) is 49.4. The zero-order chi connectivity index (χ0) is 41.2. The maximum absolute atomic E-state index is 14.3. The summed E-state index contributed by atoms with van der Waals surface area (Å²) in [6, 6.07) is -0.191. The van der Waals surface area contributed by atoms with E-state index in [1.54, 1.807) is 41.7 Å². The van der Waals surface area contributed by atoms with Crippen LogP contribution in [0, 0.1) is 23.7 Å². The molecule has 0 aromatic rings. The van der Waals surface area contributed by atoms with Gasteiger partial charge in [0.05, 0.1) is 53.4 Å². The van der Waals surface area contributed by atoms with Crippen molar-refractivity contribution in [2.75, 3.05) is 27.3 Å². The molecule has 0 aromatic heterocycles. The first-order chi connectivity index (χ1) is 25.7. The number of carbonyl (C=O) groups excluding carboxylic acids is 1. The van der Waals surface area contributed by atoms with Gasteiger partial charge in [0.25, 0.3) is 0 Å². The Morgan fingerprint density at radius 1 is 0.873 bits per heavy atom. The van der Waals surface area contributed by atoms with Gasteiger partial charge in [-0.1, -0.05) is 32.9 Å². The number of aliphatic hydroxyl groups is 4. The summed E-state index contributed by atoms with van der Waals surface area (Å²) in [7, 11) is 3.06. The standard InChI is InChI=1S/C40H72N2O13/c1-13-28-40(10,47)33(44)23(4)30(41-48)21(2)19-39(9,50-12)35(55-37-31(43)27(18-22(3)51-37)42-16-14-15-17-42)24(5)32(25(6)36(46)53-28)54-29-20-38(8,49-11)34(45)26(7)52-29/h21-29,31-35,37,43-45,47-48H,13-20H2,1-12H3/b41-30+/t21-,22-,23+,24+,25-,26+,27+,28-,29+,31-,32+,33-,34+,35-,37+,38-,39-,40-/m1/s1. The van der Waals surface area contributed by atoms with Gasteiger partial charge < -0.3 is 58.8 Å². The number of nitrogens with zero attached hydrogens (tertiary/aromatic N) is 2. The van der Waals surface area contributed by atoms with Gasteiger partial charge in [-0.15, -0.1) is 0 Å². The number of cyclic esters (lactones) is 1. The van der Waals surface area contributed by atoms with Crippen LogP contribution in [0.2, 0.25) is 0 Å². The predicted molar refractivity (Wildman–Crippen MR) is 202 cm³/mol. The van der Waals surface area contributed by atoms with E-state index in [1.165, 1.54) is 14.0 Å². The number of likely N-dealkylation sites (tertiary alicyclic amines) is 1. The van der Waals surface area contributed by atoms with Crippen molar-refractivity contribution in [1.29, 1.82) is 0 Å². The van der Waals surface area contributed by atoms with Crippen LogP contribution in [0.15, 0.2) is 5.16 Å². The number of esters is 1. The number of rotatable bonds is 8. The molecule has 15 nitrogen and oxygen atoms in total. The van der Waals surface area contributed by atoms with Crippen LogP contribution in [0.25, 0.3) is 0 Å². The Labute approximate surface area is 327 Å². The molecule has 5 N–H and O–H groups in total. The van der Waals surface area contributed by atoms with Crippen LogP contribution in [-0.2, 0) is 38.0 Å². The Kier molecular flexibility index (Phi) is 15.6. The third-order valence-corrected chi connectivity index (χ3v) is 13.4. The van der Waals surface area contributed by atoms with E-state index in [0.29, 0.717) is 6.42 Å². The highest BCUT2D eigenvalue weighted by atomic mass is 16.7. The summed E-state index contributed by atoms with van der Waals surface area (Å²) in [6.07, 6.45) is -6.19. The number of carbonyl (C=O) groups is 1. The molecule has 0 aliphatic carbocycles. The molecule has 15 heteroatoms. The lowest BCUT2D eigenvalue weighted by Gasteiger charge is -2.50. The maximum atomic E-state index is 14.3. The summed E-state index contributed by atoms with van der Waals surface area (Å²) in [5.41, 5.74) is -3.96. The molecular formula is C40H72N2O13. The average molecular weight is 789 g/mol. The summed E-state index contributed by atoms with van der Waals surface area (Å²) in [5.74, 6) is -3.78. The van der Waals surface area contributed by atoms with Crippen LogP contribution < -0.4 is 0 Å². The quantitative estimate of drug-likeness (QED) is 0.137. The minimum atomic E-state index is -1.93. The first kappa shape index (κ1) is 46.2. The zero-order valence-corrected chi connectivity index (χ0v) is 35.2. The third kappa shape index (κ3) is 9.70. The van der Waals surface area contributed by atoms with E-state index in [9.17, 15) is 30.4 Å². The van der Waals surface area contributed by atoms with Crippen molar-refractivity contribution >= 4 is 11.7 Å². The molecular weight excluding hydrogens is 716 g/mol. The van der Waals surface area contributed by atoms with Crippen LogP contribution in [-0.4, -0.2) is 154 Å². The first-order valence-corrected chi connectivity index (χ1v) is 20.3. The van der Waals surface area contributed by atoms with E-state index in [2.05, 4.69) is 10.1 Å². The van der Waals surface area contributed by atoms with E-state index < -0.39 is 102 Å². The number of oxime groups is 1. The SMILES string of the molecule is CC[C@H]1OC(=O)[C@H](C)[C@@H](O[C@H]2C[C@@](C)(OC)[C@@H](O)[C@H](C)O2)[C@H](C)[C@@H](O[C@@H]2O[C@H](C)C[C@H](N3CCCC3)[C@H]2O)[C@](C)(OC)C[C@@H](C)/C(=N\O)[C@H](C)[C@@H](O)[C@]1(C)O. The first-order valence-electron chi connectivity index (χ1n) is 20.3. The summed E-state index contributed by atoms with van der Waals surface area (Å²) in [5, 5.41) is 60.3. The van der Waals surface area contributed by atoms with E-state index in [4.69, 9.17) is 33.2 Å². The lowest BCUT2D eigenvalue weighted by atomic mass is 9.73. The van der Waals surface area contributed by atoms with Crippen LogP contribution >= 0.6 is 0 Å². The van der Waals surface area contributed by atoms with Gasteiger partial charge in [0.2, 0.25) is 0 Å². The van der Waals surface area contributed by atoms with Gasteiger partial charge in [0.15, 0.2) is 12.6 Å². The Bertz CT molecular complexity index is 1280. The van der Waals surface area contributed by atoms with Crippen LogP contribution in [0.1, 0.15) is 108 Å². The van der Waals surface area contributed by atoms with Crippen molar-refractivity contribution in [2.45, 2.75) is 192 Å².